The SMILES string of the molecule is Cc1ccc(F)c(C=O)c1C#CCC(=O)O. The van der Waals surface area contributed by atoms with Crippen LogP contribution < -0.4 is 0 Å². The Balaban J connectivity index is 3.19. The van der Waals surface area contributed by atoms with Crippen LogP contribution in [0.2, 0.25) is 0 Å². The molecule has 1 aromatic carbocycles. The van der Waals surface area contributed by atoms with Crippen molar-refractivity contribution in [2.75, 3.05) is 0 Å². The zero-order valence-corrected chi connectivity index (χ0v) is 8.58. The largest absolute Gasteiger partial charge is 0.481 e. The third-order valence-corrected chi connectivity index (χ3v) is 1.97. The summed E-state index contributed by atoms with van der Waals surface area (Å²) < 4.78 is 13.2. The van der Waals surface area contributed by atoms with E-state index in [2.05, 4.69) is 11.8 Å². The van der Waals surface area contributed by atoms with Crippen molar-refractivity contribution in [3.8, 4) is 11.8 Å². The van der Waals surface area contributed by atoms with E-state index in [1.54, 1.807) is 6.92 Å². The summed E-state index contributed by atoms with van der Waals surface area (Å²) in [5.74, 6) is 3.16. The second kappa shape index (κ2) is 5.08. The zero-order chi connectivity index (χ0) is 12.1. The lowest BCUT2D eigenvalue weighted by Crippen LogP contribution is -1.97. The fourth-order valence-electron chi connectivity index (χ4n) is 1.19. The molecule has 0 bridgehead atoms. The van der Waals surface area contributed by atoms with E-state index in [0.717, 1.165) is 0 Å². The van der Waals surface area contributed by atoms with Gasteiger partial charge in [0, 0.05) is 5.56 Å². The van der Waals surface area contributed by atoms with Gasteiger partial charge in [0.25, 0.3) is 0 Å². The third-order valence-electron chi connectivity index (χ3n) is 1.97. The van der Waals surface area contributed by atoms with Crippen molar-refractivity contribution >= 4 is 12.3 Å². The van der Waals surface area contributed by atoms with Crippen molar-refractivity contribution in [3.05, 3.63) is 34.6 Å². The number of hydrogen-bond donors (Lipinski definition) is 1. The molecule has 0 unspecified atom stereocenters. The number of carboxylic acid groups (broad SMARTS) is 1. The predicted molar refractivity (Wildman–Crippen MR) is 55.7 cm³/mol. The van der Waals surface area contributed by atoms with Gasteiger partial charge in [0.2, 0.25) is 0 Å². The van der Waals surface area contributed by atoms with Gasteiger partial charge in [-0.3, -0.25) is 9.59 Å². The Morgan fingerprint density at radius 3 is 2.81 bits per heavy atom. The first-order valence-corrected chi connectivity index (χ1v) is 4.51. The van der Waals surface area contributed by atoms with Gasteiger partial charge < -0.3 is 5.11 Å². The van der Waals surface area contributed by atoms with Crippen molar-refractivity contribution < 1.29 is 19.1 Å². The van der Waals surface area contributed by atoms with Crippen LogP contribution in [-0.4, -0.2) is 17.4 Å². The van der Waals surface area contributed by atoms with Gasteiger partial charge in [0.05, 0.1) is 5.56 Å². The third kappa shape index (κ3) is 2.67. The van der Waals surface area contributed by atoms with Crippen LogP contribution in [0.1, 0.15) is 27.9 Å². The molecule has 1 N–H and O–H groups in total. The Morgan fingerprint density at radius 2 is 2.25 bits per heavy atom. The maximum absolute atomic E-state index is 13.2. The number of aryl methyl sites for hydroxylation is 1. The molecule has 0 spiro atoms. The van der Waals surface area contributed by atoms with E-state index in [0.29, 0.717) is 11.8 Å². The lowest BCUT2D eigenvalue weighted by Gasteiger charge is -2.02. The predicted octanol–water partition coefficient (Wildman–Crippen LogP) is 1.77. The average molecular weight is 220 g/mol. The molecule has 0 radical (unpaired) electrons. The van der Waals surface area contributed by atoms with Crippen molar-refractivity contribution in [1.29, 1.82) is 0 Å². The van der Waals surface area contributed by atoms with Gasteiger partial charge in [-0.25, -0.2) is 4.39 Å². The molecule has 0 saturated heterocycles. The minimum Gasteiger partial charge on any atom is -0.481 e. The summed E-state index contributed by atoms with van der Waals surface area (Å²) in [6.45, 7) is 1.68. The molecule has 0 saturated carbocycles. The van der Waals surface area contributed by atoms with Gasteiger partial charge in [-0.15, -0.1) is 0 Å². The van der Waals surface area contributed by atoms with Gasteiger partial charge >= 0.3 is 5.97 Å². The van der Waals surface area contributed by atoms with E-state index in [1.807, 2.05) is 0 Å². The second-order valence-electron chi connectivity index (χ2n) is 3.14. The van der Waals surface area contributed by atoms with Crippen LogP contribution in [0.15, 0.2) is 12.1 Å². The number of aliphatic carboxylic acids is 1. The van der Waals surface area contributed by atoms with Crippen LogP contribution >= 0.6 is 0 Å². The van der Waals surface area contributed by atoms with Crippen LogP contribution in [-0.2, 0) is 4.79 Å². The van der Waals surface area contributed by atoms with E-state index in [-0.39, 0.29) is 17.5 Å². The molecular formula is C12H9FO3. The molecule has 0 fully saturated rings. The molecule has 0 aliphatic rings. The maximum Gasteiger partial charge on any atom is 0.315 e. The van der Waals surface area contributed by atoms with Gasteiger partial charge in [0.15, 0.2) is 6.29 Å². The molecule has 0 atom stereocenters. The molecule has 1 rings (SSSR count). The Bertz CT molecular complexity index is 495. The number of carboxylic acids is 1. The summed E-state index contributed by atoms with van der Waals surface area (Å²) in [5.41, 5.74) is 0.760. The van der Waals surface area contributed by atoms with E-state index < -0.39 is 11.8 Å². The first kappa shape index (κ1) is 11.9. The van der Waals surface area contributed by atoms with Gasteiger partial charge in [-0.2, -0.15) is 0 Å². The second-order valence-corrected chi connectivity index (χ2v) is 3.14. The molecular weight excluding hydrogens is 211 g/mol. The first-order chi connectivity index (χ1) is 7.56. The fraction of sp³-hybridized carbons (Fsp3) is 0.167. The smallest absolute Gasteiger partial charge is 0.315 e. The van der Waals surface area contributed by atoms with Crippen LogP contribution in [0, 0.1) is 24.6 Å². The Kier molecular flexibility index (Phi) is 3.78. The zero-order valence-electron chi connectivity index (χ0n) is 8.58. The summed E-state index contributed by atoms with van der Waals surface area (Å²) in [5, 5.41) is 8.40. The van der Waals surface area contributed by atoms with Crippen molar-refractivity contribution in [1.82, 2.24) is 0 Å². The summed E-state index contributed by atoms with van der Waals surface area (Å²) in [4.78, 5) is 20.9. The number of carbonyl (C=O) groups is 2. The van der Waals surface area contributed by atoms with Crippen LogP contribution in [0.4, 0.5) is 4.39 Å². The molecule has 0 heterocycles. The number of aldehydes is 1. The van der Waals surface area contributed by atoms with E-state index in [9.17, 15) is 14.0 Å². The normalized spacial score (nSPS) is 9.12. The number of carbonyl (C=O) groups excluding carboxylic acids is 1. The lowest BCUT2D eigenvalue weighted by atomic mass is 10.0. The highest BCUT2D eigenvalue weighted by Gasteiger charge is 2.08. The van der Waals surface area contributed by atoms with E-state index >= 15 is 0 Å². The molecule has 0 aliphatic heterocycles. The lowest BCUT2D eigenvalue weighted by molar-refractivity contribution is -0.135. The maximum atomic E-state index is 13.2. The number of hydrogen-bond acceptors (Lipinski definition) is 2. The monoisotopic (exact) mass is 220 g/mol. The number of benzene rings is 1. The molecule has 1 aromatic rings. The highest BCUT2D eigenvalue weighted by atomic mass is 19.1. The first-order valence-electron chi connectivity index (χ1n) is 4.51. The van der Waals surface area contributed by atoms with Crippen molar-refractivity contribution in [2.45, 2.75) is 13.3 Å². The molecule has 16 heavy (non-hydrogen) atoms. The molecule has 0 aromatic heterocycles. The minimum absolute atomic E-state index is 0.127. The molecule has 3 nitrogen and oxygen atoms in total. The highest BCUT2D eigenvalue weighted by molar-refractivity contribution is 5.81. The molecule has 0 aliphatic carbocycles. The van der Waals surface area contributed by atoms with Gasteiger partial charge in [0.1, 0.15) is 12.2 Å². The summed E-state index contributed by atoms with van der Waals surface area (Å²) in [6.07, 6.45) is 0.0430. The summed E-state index contributed by atoms with van der Waals surface area (Å²) >= 11 is 0. The Hall–Kier alpha value is -2.15. The average Bonchev–Trinajstić information content (AvgIpc) is 2.23. The van der Waals surface area contributed by atoms with Crippen molar-refractivity contribution in [2.24, 2.45) is 0 Å². The minimum atomic E-state index is -1.06. The molecule has 82 valence electrons. The van der Waals surface area contributed by atoms with Crippen molar-refractivity contribution in [3.63, 3.8) is 0 Å². The summed E-state index contributed by atoms with van der Waals surface area (Å²) in [6, 6.07) is 2.68. The van der Waals surface area contributed by atoms with Gasteiger partial charge in [-0.1, -0.05) is 17.9 Å². The van der Waals surface area contributed by atoms with Gasteiger partial charge in [-0.05, 0) is 18.6 Å². The Labute approximate surface area is 91.9 Å². The summed E-state index contributed by atoms with van der Waals surface area (Å²) in [7, 11) is 0. The van der Waals surface area contributed by atoms with E-state index in [1.165, 1.54) is 12.1 Å². The van der Waals surface area contributed by atoms with E-state index in [4.69, 9.17) is 5.11 Å². The topological polar surface area (TPSA) is 54.4 Å². The highest BCUT2D eigenvalue weighted by Crippen LogP contribution is 2.15. The van der Waals surface area contributed by atoms with Crippen LogP contribution in [0.25, 0.3) is 0 Å². The van der Waals surface area contributed by atoms with Crippen LogP contribution in [0.5, 0.6) is 0 Å². The fourth-order valence-corrected chi connectivity index (χ4v) is 1.19. The Morgan fingerprint density at radius 1 is 1.56 bits per heavy atom. The quantitative estimate of drug-likeness (QED) is 0.610. The molecule has 4 heteroatoms. The molecule has 0 amide bonds. The van der Waals surface area contributed by atoms with Crippen LogP contribution in [0.3, 0.4) is 0 Å². The number of rotatable bonds is 2. The number of halogens is 1. The standard InChI is InChI=1S/C12H9FO3/c1-8-5-6-11(13)10(7-14)9(8)3-2-4-12(15)16/h5-7H,4H2,1H3,(H,15,16).